The fraction of sp³-hybridized carbons (Fsp3) is 0.179. The molecule has 1 aliphatic rings. The van der Waals surface area contributed by atoms with Crippen LogP contribution in [0, 0.1) is 0 Å². The molecule has 1 aliphatic heterocycles. The third-order valence-corrected chi connectivity index (χ3v) is 5.78. The quantitative estimate of drug-likeness (QED) is 0.482. The highest BCUT2D eigenvalue weighted by atomic mass is 16.5. The Labute approximate surface area is 198 Å². The number of likely N-dealkylation sites (tertiary alicyclic amines) is 1. The van der Waals surface area contributed by atoms with Crippen molar-refractivity contribution in [2.75, 3.05) is 20.2 Å². The maximum Gasteiger partial charge on any atom is 0.187 e. The highest BCUT2D eigenvalue weighted by Crippen LogP contribution is 2.29. The summed E-state index contributed by atoms with van der Waals surface area (Å²) in [6.45, 7) is 1.34. The van der Waals surface area contributed by atoms with Crippen molar-refractivity contribution in [1.29, 1.82) is 0 Å². The molecule has 0 radical (unpaired) electrons. The molecule has 174 valence electrons. The molecule has 0 unspecified atom stereocenters. The highest BCUT2D eigenvalue weighted by molar-refractivity contribution is 6.14. The number of aliphatic hydroxyl groups excluding tert-OH is 1. The van der Waals surface area contributed by atoms with Crippen LogP contribution in [0.15, 0.2) is 77.9 Å². The van der Waals surface area contributed by atoms with Crippen LogP contribution in [-0.4, -0.2) is 46.2 Å². The van der Waals surface area contributed by atoms with E-state index in [1.54, 1.807) is 48.6 Å². The molecule has 3 N–H and O–H groups in total. The van der Waals surface area contributed by atoms with Crippen LogP contribution in [0.1, 0.15) is 22.3 Å². The molecule has 4 rings (SSSR count). The van der Waals surface area contributed by atoms with Gasteiger partial charge in [0.15, 0.2) is 17.3 Å². The van der Waals surface area contributed by atoms with Crippen LogP contribution < -0.4 is 4.74 Å². The van der Waals surface area contributed by atoms with Gasteiger partial charge in [-0.1, -0.05) is 48.5 Å². The van der Waals surface area contributed by atoms with Gasteiger partial charge < -0.3 is 20.1 Å². The minimum Gasteiger partial charge on any atom is -0.508 e. The molecule has 0 spiro atoms. The van der Waals surface area contributed by atoms with Gasteiger partial charge >= 0.3 is 0 Å². The van der Waals surface area contributed by atoms with Gasteiger partial charge in [-0.15, -0.1) is 0 Å². The molecule has 0 amide bonds. The van der Waals surface area contributed by atoms with E-state index in [1.165, 1.54) is 7.11 Å². The third-order valence-electron chi connectivity index (χ3n) is 5.78. The number of hydrogen-bond donors (Lipinski definition) is 3. The first-order valence-corrected chi connectivity index (χ1v) is 11.0. The van der Waals surface area contributed by atoms with Gasteiger partial charge in [-0.2, -0.15) is 0 Å². The summed E-state index contributed by atoms with van der Waals surface area (Å²) in [7, 11) is 1.49. The van der Waals surface area contributed by atoms with Crippen LogP contribution >= 0.6 is 0 Å². The number of phenolic OH excluding ortho intramolecular Hbond substituents is 1. The molecular weight excluding hydrogens is 430 g/mol. The topological polar surface area (TPSA) is 90.2 Å². The summed E-state index contributed by atoms with van der Waals surface area (Å²) < 4.78 is 5.11. The number of rotatable bonds is 6. The molecule has 0 aliphatic carbocycles. The summed E-state index contributed by atoms with van der Waals surface area (Å²) in [4.78, 5) is 15.6. The molecule has 1 saturated heterocycles. The number of aromatic hydroxyl groups is 2. The van der Waals surface area contributed by atoms with Crippen LogP contribution in [0.2, 0.25) is 0 Å². The average molecular weight is 458 g/mol. The van der Waals surface area contributed by atoms with Crippen molar-refractivity contribution in [1.82, 2.24) is 4.90 Å². The number of hydrogen-bond acceptors (Lipinski definition) is 6. The monoisotopic (exact) mass is 457 g/mol. The van der Waals surface area contributed by atoms with E-state index in [0.29, 0.717) is 53.2 Å². The molecule has 3 aromatic carbocycles. The zero-order valence-corrected chi connectivity index (χ0v) is 18.9. The molecule has 34 heavy (non-hydrogen) atoms. The molecule has 1 fully saturated rings. The van der Waals surface area contributed by atoms with E-state index in [1.807, 2.05) is 18.2 Å². The SMILES string of the molecule is COc1ccc(/C=C2\CN(Cc3ccccc3)C/C(=C\c3ccc(CO)c(O)c3)C2=O)cc1O. The number of piperidine rings is 1. The first-order chi connectivity index (χ1) is 16.5. The number of aliphatic hydroxyl groups is 1. The minimum atomic E-state index is -0.256. The normalized spacial score (nSPS) is 16.8. The maximum atomic E-state index is 13.4. The number of benzene rings is 3. The number of phenols is 2. The number of Topliss-reactive ketones (excluding diaryl/α,β-unsaturated/α-hetero) is 1. The van der Waals surface area contributed by atoms with Crippen LogP contribution in [0.5, 0.6) is 17.2 Å². The molecule has 0 atom stereocenters. The van der Waals surface area contributed by atoms with Gasteiger partial charge in [0, 0.05) is 36.3 Å². The van der Waals surface area contributed by atoms with Crippen LogP contribution in [-0.2, 0) is 17.9 Å². The average Bonchev–Trinajstić information content (AvgIpc) is 2.83. The largest absolute Gasteiger partial charge is 0.508 e. The first-order valence-electron chi connectivity index (χ1n) is 11.0. The third kappa shape index (κ3) is 5.36. The van der Waals surface area contributed by atoms with Crippen molar-refractivity contribution in [3.8, 4) is 17.2 Å². The van der Waals surface area contributed by atoms with Crippen LogP contribution in [0.3, 0.4) is 0 Å². The van der Waals surface area contributed by atoms with E-state index in [2.05, 4.69) is 17.0 Å². The summed E-state index contributed by atoms with van der Waals surface area (Å²) in [6, 6.07) is 20.1. The number of nitrogens with zero attached hydrogens (tertiary/aromatic N) is 1. The molecule has 6 heteroatoms. The Balaban J connectivity index is 1.69. The molecule has 0 saturated carbocycles. The van der Waals surface area contributed by atoms with E-state index in [0.717, 1.165) is 5.56 Å². The summed E-state index contributed by atoms with van der Waals surface area (Å²) in [5.74, 6) is 0.294. The lowest BCUT2D eigenvalue weighted by Crippen LogP contribution is -2.37. The Morgan fingerprint density at radius 1 is 0.882 bits per heavy atom. The second kappa shape index (κ2) is 10.4. The number of ketones is 1. The van der Waals surface area contributed by atoms with Crippen LogP contribution in [0.25, 0.3) is 12.2 Å². The molecule has 6 nitrogen and oxygen atoms in total. The lowest BCUT2D eigenvalue weighted by molar-refractivity contribution is -0.113. The summed E-state index contributed by atoms with van der Waals surface area (Å²) >= 11 is 0. The van der Waals surface area contributed by atoms with Gasteiger partial charge in [0.2, 0.25) is 0 Å². The van der Waals surface area contributed by atoms with E-state index < -0.39 is 0 Å². The summed E-state index contributed by atoms with van der Waals surface area (Å²) in [5, 5.41) is 29.6. The predicted molar refractivity (Wildman–Crippen MR) is 131 cm³/mol. The van der Waals surface area contributed by atoms with Crippen molar-refractivity contribution in [2.24, 2.45) is 0 Å². The second-order valence-electron chi connectivity index (χ2n) is 8.28. The van der Waals surface area contributed by atoms with Gasteiger partial charge in [-0.25, -0.2) is 0 Å². The van der Waals surface area contributed by atoms with Gasteiger partial charge in [-0.3, -0.25) is 9.69 Å². The van der Waals surface area contributed by atoms with Gasteiger partial charge in [0.25, 0.3) is 0 Å². The highest BCUT2D eigenvalue weighted by Gasteiger charge is 2.26. The number of methoxy groups -OCH3 is 1. The van der Waals surface area contributed by atoms with Crippen molar-refractivity contribution in [2.45, 2.75) is 13.2 Å². The Morgan fingerprint density at radius 3 is 2.06 bits per heavy atom. The Bertz CT molecular complexity index is 1170. The smallest absolute Gasteiger partial charge is 0.187 e. The van der Waals surface area contributed by atoms with Crippen molar-refractivity contribution < 1.29 is 24.9 Å². The molecule has 0 bridgehead atoms. The van der Waals surface area contributed by atoms with Gasteiger partial charge in [0.05, 0.1) is 13.7 Å². The number of carbonyl (C=O) groups excluding carboxylic acids is 1. The molecule has 1 heterocycles. The fourth-order valence-electron chi connectivity index (χ4n) is 4.07. The van der Waals surface area contributed by atoms with Crippen molar-refractivity contribution in [3.05, 3.63) is 100 Å². The second-order valence-corrected chi connectivity index (χ2v) is 8.28. The van der Waals surface area contributed by atoms with Gasteiger partial charge in [0.1, 0.15) is 5.75 Å². The number of ether oxygens (including phenoxy) is 1. The van der Waals surface area contributed by atoms with Crippen molar-refractivity contribution in [3.63, 3.8) is 0 Å². The van der Waals surface area contributed by atoms with E-state index in [4.69, 9.17) is 4.74 Å². The first kappa shape index (κ1) is 23.3. The Morgan fingerprint density at radius 2 is 1.50 bits per heavy atom. The van der Waals surface area contributed by atoms with E-state index in [-0.39, 0.29) is 23.9 Å². The standard InChI is InChI=1S/C28H27NO5/c1-34-27-10-8-21(14-26(27)32)12-24-17-29(15-19-5-3-2-4-6-19)16-23(28(24)33)11-20-7-9-22(18-30)25(31)13-20/h2-14,30-32H,15-18H2,1H3/b23-11+,24-12+. The Kier molecular flexibility index (Phi) is 7.11. The van der Waals surface area contributed by atoms with E-state index >= 15 is 0 Å². The lowest BCUT2D eigenvalue weighted by Gasteiger charge is -2.30. The lowest BCUT2D eigenvalue weighted by atomic mass is 9.93. The maximum absolute atomic E-state index is 13.4. The zero-order valence-electron chi connectivity index (χ0n) is 18.9. The fourth-order valence-corrected chi connectivity index (χ4v) is 4.07. The van der Waals surface area contributed by atoms with Crippen LogP contribution in [0.4, 0.5) is 0 Å². The van der Waals surface area contributed by atoms with Gasteiger partial charge in [-0.05, 0) is 47.0 Å². The minimum absolute atomic E-state index is 0.00859. The molecule has 3 aromatic rings. The molecule has 0 aromatic heterocycles. The zero-order chi connectivity index (χ0) is 24.1. The molecular formula is C28H27NO5. The Hall–Kier alpha value is -3.87. The summed E-state index contributed by atoms with van der Waals surface area (Å²) in [6.07, 6.45) is 3.57. The predicted octanol–water partition coefficient (Wildman–Crippen LogP) is 4.15. The van der Waals surface area contributed by atoms with E-state index in [9.17, 15) is 20.1 Å². The van der Waals surface area contributed by atoms with Crippen molar-refractivity contribution >= 4 is 17.9 Å². The summed E-state index contributed by atoms with van der Waals surface area (Å²) in [5.41, 5.74) is 4.16. The number of carbonyl (C=O) groups is 1.